The van der Waals surface area contributed by atoms with Crippen molar-refractivity contribution in [3.63, 3.8) is 0 Å². The van der Waals surface area contributed by atoms with Gasteiger partial charge in [-0.1, -0.05) is 0 Å². The highest BCUT2D eigenvalue weighted by Crippen LogP contribution is 2.08. The lowest BCUT2D eigenvalue weighted by Gasteiger charge is -2.02. The summed E-state index contributed by atoms with van der Waals surface area (Å²) in [5.74, 6) is 4.85. The first-order chi connectivity index (χ1) is 6.27. The highest BCUT2D eigenvalue weighted by molar-refractivity contribution is 5.89. The molecule has 0 aliphatic rings. The zero-order chi connectivity index (χ0) is 9.68. The van der Waals surface area contributed by atoms with Gasteiger partial charge in [-0.25, -0.2) is 4.79 Å². The van der Waals surface area contributed by atoms with Gasteiger partial charge in [-0.15, -0.1) is 12.4 Å². The molecule has 0 aromatic heterocycles. The summed E-state index contributed by atoms with van der Waals surface area (Å²) in [6, 6.07) is 6.75. The maximum Gasteiger partial charge on any atom is 0.338 e. The monoisotopic (exact) mass is 216 g/mol. The van der Waals surface area contributed by atoms with Gasteiger partial charge in [0.05, 0.1) is 12.2 Å². The minimum atomic E-state index is -0.314. The first-order valence-corrected chi connectivity index (χ1v) is 4.01. The highest BCUT2D eigenvalue weighted by Gasteiger charge is 2.04. The molecule has 5 heteroatoms. The molecule has 0 spiro atoms. The number of nitrogen functional groups attached to an aromatic ring is 1. The lowest BCUT2D eigenvalue weighted by atomic mass is 10.2. The summed E-state index contributed by atoms with van der Waals surface area (Å²) in [6.45, 7) is 2.16. The fourth-order valence-electron chi connectivity index (χ4n) is 0.917. The van der Waals surface area contributed by atoms with E-state index in [2.05, 4.69) is 5.43 Å². The predicted molar refractivity (Wildman–Crippen MR) is 57.5 cm³/mol. The summed E-state index contributed by atoms with van der Waals surface area (Å²) in [5.41, 5.74) is 3.76. The van der Waals surface area contributed by atoms with Crippen LogP contribution in [0.2, 0.25) is 0 Å². The first-order valence-electron chi connectivity index (χ1n) is 4.01. The predicted octanol–water partition coefficient (Wildman–Crippen LogP) is 1.57. The average molecular weight is 217 g/mol. The largest absolute Gasteiger partial charge is 0.462 e. The molecule has 1 aromatic rings. The minimum Gasteiger partial charge on any atom is -0.462 e. The number of ether oxygens (including phenoxy) is 1. The Morgan fingerprint density at radius 2 is 2.00 bits per heavy atom. The van der Waals surface area contributed by atoms with Crippen LogP contribution in [0.15, 0.2) is 24.3 Å². The van der Waals surface area contributed by atoms with Gasteiger partial charge in [-0.2, -0.15) is 0 Å². The third-order valence-electron chi connectivity index (χ3n) is 1.56. The molecule has 78 valence electrons. The number of halogens is 1. The van der Waals surface area contributed by atoms with Crippen molar-refractivity contribution >= 4 is 24.1 Å². The molecular formula is C9H13ClN2O2. The van der Waals surface area contributed by atoms with Crippen LogP contribution in [-0.2, 0) is 4.74 Å². The van der Waals surface area contributed by atoms with Crippen molar-refractivity contribution in [2.75, 3.05) is 12.0 Å². The molecule has 0 aliphatic carbocycles. The number of carbonyl (C=O) groups excluding carboxylic acids is 1. The summed E-state index contributed by atoms with van der Waals surface area (Å²) in [5, 5.41) is 0. The second-order valence-corrected chi connectivity index (χ2v) is 2.44. The second kappa shape index (κ2) is 6.23. The average Bonchev–Trinajstić information content (AvgIpc) is 2.18. The van der Waals surface area contributed by atoms with E-state index in [9.17, 15) is 4.79 Å². The molecule has 0 unspecified atom stereocenters. The van der Waals surface area contributed by atoms with Gasteiger partial charge >= 0.3 is 5.97 Å². The van der Waals surface area contributed by atoms with E-state index in [-0.39, 0.29) is 18.4 Å². The van der Waals surface area contributed by atoms with E-state index in [0.717, 1.165) is 5.69 Å². The van der Waals surface area contributed by atoms with E-state index in [0.29, 0.717) is 12.2 Å². The van der Waals surface area contributed by atoms with Crippen LogP contribution in [-0.4, -0.2) is 12.6 Å². The van der Waals surface area contributed by atoms with E-state index in [1.165, 1.54) is 0 Å². The highest BCUT2D eigenvalue weighted by atomic mass is 35.5. The van der Waals surface area contributed by atoms with Crippen molar-refractivity contribution < 1.29 is 9.53 Å². The molecule has 0 bridgehead atoms. The quantitative estimate of drug-likeness (QED) is 0.457. The zero-order valence-corrected chi connectivity index (χ0v) is 8.64. The Morgan fingerprint density at radius 1 is 1.43 bits per heavy atom. The van der Waals surface area contributed by atoms with Gasteiger partial charge in [-0.3, -0.25) is 5.84 Å². The molecule has 0 atom stereocenters. The Hall–Kier alpha value is -1.26. The van der Waals surface area contributed by atoms with Gasteiger partial charge in [-0.05, 0) is 31.2 Å². The molecule has 1 aromatic carbocycles. The first kappa shape index (κ1) is 12.7. The van der Waals surface area contributed by atoms with E-state index < -0.39 is 0 Å². The minimum absolute atomic E-state index is 0. The van der Waals surface area contributed by atoms with Crippen molar-refractivity contribution in [1.29, 1.82) is 0 Å². The number of hydrogen-bond donors (Lipinski definition) is 2. The van der Waals surface area contributed by atoms with Crippen LogP contribution in [0.4, 0.5) is 5.69 Å². The maximum atomic E-state index is 11.2. The van der Waals surface area contributed by atoms with E-state index >= 15 is 0 Å². The molecule has 4 nitrogen and oxygen atoms in total. The summed E-state index contributed by atoms with van der Waals surface area (Å²) in [7, 11) is 0. The van der Waals surface area contributed by atoms with Crippen molar-refractivity contribution in [3.8, 4) is 0 Å². The molecule has 3 N–H and O–H groups in total. The number of anilines is 1. The van der Waals surface area contributed by atoms with Gasteiger partial charge in [0.25, 0.3) is 0 Å². The van der Waals surface area contributed by atoms with Gasteiger partial charge in [0.2, 0.25) is 0 Å². The smallest absolute Gasteiger partial charge is 0.338 e. The van der Waals surface area contributed by atoms with Crippen LogP contribution in [0, 0.1) is 0 Å². The fraction of sp³-hybridized carbons (Fsp3) is 0.222. The van der Waals surface area contributed by atoms with E-state index in [4.69, 9.17) is 10.6 Å². The van der Waals surface area contributed by atoms with Crippen molar-refractivity contribution in [3.05, 3.63) is 29.8 Å². The molecule has 0 radical (unpaired) electrons. The normalized spacial score (nSPS) is 8.71. The van der Waals surface area contributed by atoms with Crippen molar-refractivity contribution in [2.24, 2.45) is 5.84 Å². The fourth-order valence-corrected chi connectivity index (χ4v) is 0.917. The lowest BCUT2D eigenvalue weighted by molar-refractivity contribution is 0.0526. The van der Waals surface area contributed by atoms with Crippen LogP contribution in [0.25, 0.3) is 0 Å². The number of esters is 1. The number of benzene rings is 1. The molecular weight excluding hydrogens is 204 g/mol. The molecule has 0 amide bonds. The lowest BCUT2D eigenvalue weighted by Crippen LogP contribution is -2.08. The Morgan fingerprint density at radius 3 is 2.43 bits per heavy atom. The van der Waals surface area contributed by atoms with Gasteiger partial charge in [0, 0.05) is 5.69 Å². The van der Waals surface area contributed by atoms with Crippen LogP contribution >= 0.6 is 12.4 Å². The Bertz CT molecular complexity index is 287. The van der Waals surface area contributed by atoms with E-state index in [1.54, 1.807) is 31.2 Å². The summed E-state index contributed by atoms with van der Waals surface area (Å²) >= 11 is 0. The Labute approximate surface area is 88.8 Å². The second-order valence-electron chi connectivity index (χ2n) is 2.44. The number of rotatable bonds is 3. The Balaban J connectivity index is 0.00000169. The van der Waals surface area contributed by atoms with Gasteiger partial charge in [0.15, 0.2) is 0 Å². The standard InChI is InChI=1S/C9H12N2O2.ClH/c1-2-13-9(12)7-3-5-8(11-10)6-4-7;/h3-6,11H,2,10H2,1H3;1H. The number of nitrogens with one attached hydrogen (secondary N) is 1. The third-order valence-corrected chi connectivity index (χ3v) is 1.56. The topological polar surface area (TPSA) is 64.3 Å². The molecule has 0 saturated carbocycles. The summed E-state index contributed by atoms with van der Waals surface area (Å²) in [6.07, 6.45) is 0. The van der Waals surface area contributed by atoms with Crippen LogP contribution in [0.1, 0.15) is 17.3 Å². The Kier molecular flexibility index (Phi) is 5.67. The van der Waals surface area contributed by atoms with Crippen molar-refractivity contribution in [1.82, 2.24) is 0 Å². The number of carbonyl (C=O) groups is 1. The molecule has 0 fully saturated rings. The molecule has 0 aliphatic heterocycles. The van der Waals surface area contributed by atoms with Crippen LogP contribution < -0.4 is 11.3 Å². The summed E-state index contributed by atoms with van der Waals surface area (Å²) < 4.78 is 4.81. The van der Waals surface area contributed by atoms with Crippen molar-refractivity contribution in [2.45, 2.75) is 6.92 Å². The third kappa shape index (κ3) is 3.24. The van der Waals surface area contributed by atoms with Crippen LogP contribution in [0.3, 0.4) is 0 Å². The van der Waals surface area contributed by atoms with Crippen LogP contribution in [0.5, 0.6) is 0 Å². The molecule has 1 rings (SSSR count). The zero-order valence-electron chi connectivity index (χ0n) is 7.82. The number of hydrazine groups is 1. The number of hydrogen-bond acceptors (Lipinski definition) is 4. The van der Waals surface area contributed by atoms with Gasteiger partial charge in [0.1, 0.15) is 0 Å². The van der Waals surface area contributed by atoms with Gasteiger partial charge < -0.3 is 10.2 Å². The molecule has 14 heavy (non-hydrogen) atoms. The molecule has 0 heterocycles. The number of nitrogens with two attached hydrogens (primary N) is 1. The summed E-state index contributed by atoms with van der Waals surface area (Å²) in [4.78, 5) is 11.2. The SMILES string of the molecule is CCOC(=O)c1ccc(NN)cc1.Cl. The van der Waals surface area contributed by atoms with E-state index in [1.807, 2.05) is 0 Å². The maximum absolute atomic E-state index is 11.2. The molecule has 0 saturated heterocycles.